The highest BCUT2D eigenvalue weighted by Gasteiger charge is 2.62. The number of rotatable bonds is 20. The summed E-state index contributed by atoms with van der Waals surface area (Å²) >= 11 is 14.9. The van der Waals surface area contributed by atoms with Gasteiger partial charge in [0.2, 0.25) is 0 Å². The molecule has 23 heteroatoms. The molecule has 0 bridgehead atoms. The molecular weight excluding hydrogens is 1190 g/mol. The van der Waals surface area contributed by atoms with E-state index in [-0.39, 0.29) is 49.8 Å². The third-order valence-corrected chi connectivity index (χ3v) is 20.8. The minimum Gasteiger partial charge on any atom is -0.493 e. The molecule has 7 rings (SSSR count). The van der Waals surface area contributed by atoms with Crippen LogP contribution in [-0.4, -0.2) is 177 Å². The fourth-order valence-electron chi connectivity index (χ4n) is 14.1. The largest absolute Gasteiger partial charge is 0.493 e. The third-order valence-electron chi connectivity index (χ3n) is 18.9. The number of pyridine rings is 1. The maximum absolute atomic E-state index is 15.6. The van der Waals surface area contributed by atoms with E-state index in [4.69, 9.17) is 80.0 Å². The SMILES string of the molecule is CC[C@H]1OC(=O)[C@H](C)[C@@H](O[C@H]2C[C@@](C)(OC)[C@@H](OC(C)=O)[C@H](C)O2)[C@H](C)[C@@H](O[C@@H]2O[C@H](C)C[C@H](N(C)C)[C@H]2OC(C)=O)[C@](C)(OC)C[C@@H](C)C(=O)C(C)C2C(SCCN(Cc3c(Cl)cncc3Cl)c3ccc(OC)c(OC4CCCC4)c3)C(=O)O[C@@]21C. The van der Waals surface area contributed by atoms with Crippen molar-refractivity contribution in [2.75, 3.05) is 52.6 Å². The maximum atomic E-state index is 15.6. The summed E-state index contributed by atoms with van der Waals surface area (Å²) in [5.41, 5.74) is -2.53. The van der Waals surface area contributed by atoms with Gasteiger partial charge < -0.3 is 66.6 Å². The first-order chi connectivity index (χ1) is 41.0. The zero-order valence-electron chi connectivity index (χ0n) is 53.9. The minimum absolute atomic E-state index is 0.0537. The average Bonchev–Trinajstić information content (AvgIpc) is 1.70. The van der Waals surface area contributed by atoms with E-state index in [2.05, 4.69) is 9.88 Å². The summed E-state index contributed by atoms with van der Waals surface area (Å²) in [5.74, 6) is -5.22. The van der Waals surface area contributed by atoms with Crippen LogP contribution in [0.15, 0.2) is 30.6 Å². The predicted molar refractivity (Wildman–Crippen MR) is 329 cm³/mol. The molecule has 4 saturated heterocycles. The first-order valence-corrected chi connectivity index (χ1v) is 32.5. The van der Waals surface area contributed by atoms with Gasteiger partial charge in [0.25, 0.3) is 0 Å². The molecule has 0 radical (unpaired) electrons. The van der Waals surface area contributed by atoms with Crippen molar-refractivity contribution in [1.29, 1.82) is 0 Å². The molecule has 3 unspecified atom stereocenters. The highest BCUT2D eigenvalue weighted by Crippen LogP contribution is 2.50. The van der Waals surface area contributed by atoms with Crippen LogP contribution in [0, 0.1) is 29.6 Å². The number of Topliss-reactive ketones (excluding diaryl/α,β-unsaturated/α-hetero) is 1. The van der Waals surface area contributed by atoms with E-state index >= 15 is 9.59 Å². The van der Waals surface area contributed by atoms with Crippen LogP contribution in [-0.2, 0) is 77.9 Å². The van der Waals surface area contributed by atoms with Crippen LogP contribution < -0.4 is 14.4 Å². The minimum atomic E-state index is -1.51. The summed E-state index contributed by atoms with van der Waals surface area (Å²) in [7, 11) is 8.46. The first kappa shape index (κ1) is 70.4. The Hall–Kier alpha value is -4.03. The van der Waals surface area contributed by atoms with Crippen molar-refractivity contribution in [3.63, 3.8) is 0 Å². The normalized spacial score (nSPS) is 36.3. The number of carbonyl (C=O) groups excluding carboxylic acids is 5. The summed E-state index contributed by atoms with van der Waals surface area (Å²) in [6.07, 6.45) is -0.180. The summed E-state index contributed by atoms with van der Waals surface area (Å²) in [5, 5.41) is -0.131. The van der Waals surface area contributed by atoms with Gasteiger partial charge in [0, 0.05) is 107 Å². The number of benzene rings is 1. The van der Waals surface area contributed by atoms with E-state index in [1.807, 2.05) is 78.7 Å². The van der Waals surface area contributed by atoms with E-state index in [9.17, 15) is 14.4 Å². The number of fused-ring (bicyclic) bond motifs is 1. The molecule has 0 amide bonds. The number of carbonyl (C=O) groups is 5. The Bertz CT molecular complexity index is 2690. The van der Waals surface area contributed by atoms with Crippen molar-refractivity contribution in [3.05, 3.63) is 46.2 Å². The second kappa shape index (κ2) is 29.9. The van der Waals surface area contributed by atoms with E-state index in [1.165, 1.54) is 39.8 Å². The molecule has 5 fully saturated rings. The molecule has 2 aromatic rings. The van der Waals surface area contributed by atoms with Gasteiger partial charge in [0.15, 0.2) is 41.9 Å². The highest BCUT2D eigenvalue weighted by atomic mass is 35.5. The van der Waals surface area contributed by atoms with Gasteiger partial charge in [-0.2, -0.15) is 0 Å². The van der Waals surface area contributed by atoms with Crippen molar-refractivity contribution in [2.24, 2.45) is 29.6 Å². The second-order valence-corrected chi connectivity index (χ2v) is 27.5. The number of thioether (sulfide) groups is 1. The van der Waals surface area contributed by atoms with Gasteiger partial charge in [-0.25, -0.2) is 0 Å². The fraction of sp³-hybridized carbons (Fsp3) is 0.750. The zero-order valence-corrected chi connectivity index (χ0v) is 56.3. The number of halogens is 2. The molecular formula is C64H95Cl2N3O17S. The second-order valence-electron chi connectivity index (χ2n) is 25.4. The molecule has 1 aliphatic carbocycles. The van der Waals surface area contributed by atoms with E-state index < -0.39 is 125 Å². The Morgan fingerprint density at radius 1 is 0.805 bits per heavy atom. The Labute approximate surface area is 528 Å². The Morgan fingerprint density at radius 3 is 2.05 bits per heavy atom. The van der Waals surface area contributed by atoms with Gasteiger partial charge in [-0.3, -0.25) is 29.0 Å². The molecule has 0 spiro atoms. The van der Waals surface area contributed by atoms with Gasteiger partial charge in [0.05, 0.1) is 65.2 Å². The van der Waals surface area contributed by atoms with Crippen molar-refractivity contribution < 1.29 is 80.8 Å². The number of ketones is 1. The monoisotopic (exact) mass is 1280 g/mol. The molecule has 5 heterocycles. The number of anilines is 1. The Balaban J connectivity index is 1.29. The van der Waals surface area contributed by atoms with Crippen molar-refractivity contribution in [2.45, 2.75) is 231 Å². The van der Waals surface area contributed by atoms with Crippen LogP contribution >= 0.6 is 35.0 Å². The van der Waals surface area contributed by atoms with E-state index in [0.717, 1.165) is 31.4 Å². The highest BCUT2D eigenvalue weighted by molar-refractivity contribution is 8.00. The number of hydrogen-bond acceptors (Lipinski definition) is 21. The standard InChI is InChI=1S/C64H95Cl2N3O17S/c1-18-50-64(12)52(56(60(74)86-64)87-26-25-69(33-44-45(65)31-67-32-46(44)66)42-23-24-48(75-15)49(28-42)82-43-21-19-20-22-43)36(4)53(72)34(2)29-62(10,76-16)57(85-61-55(80-40(8)70)47(68(13)14)27-35(3)78-61)37(5)54(38(6)59(73)83-50)84-51-30-63(11,77-17)58(39(7)79-51)81-41(9)71/h23-24,28,31-32,34-39,43,47,50-52,54-58,61H,18-22,25-27,29-30,33H2,1-17H3/t34-,35-,36?,37+,38-,39+,47+,50-,51+,52?,54+,55-,56?,57-,58+,61+,62-,63-,64-/m1/s1. The Kier molecular flexibility index (Phi) is 24.2. The smallest absolute Gasteiger partial charge is 0.320 e. The number of esters is 4. The van der Waals surface area contributed by atoms with Crippen molar-refractivity contribution in [3.8, 4) is 11.5 Å². The molecule has 488 valence electrons. The maximum Gasteiger partial charge on any atom is 0.320 e. The lowest BCUT2D eigenvalue weighted by molar-refractivity contribution is -0.320. The number of cyclic esters (lactones) is 1. The third kappa shape index (κ3) is 16.0. The molecule has 0 N–H and O–H groups in total. The molecule has 1 aromatic carbocycles. The molecule has 20 nitrogen and oxygen atoms in total. The van der Waals surface area contributed by atoms with Crippen LogP contribution in [0.2, 0.25) is 10.0 Å². The van der Waals surface area contributed by atoms with Gasteiger partial charge in [-0.15, -0.1) is 11.8 Å². The van der Waals surface area contributed by atoms with Crippen molar-refractivity contribution in [1.82, 2.24) is 9.88 Å². The molecule has 1 aromatic heterocycles. The lowest BCUT2D eigenvalue weighted by Gasteiger charge is -2.50. The zero-order chi connectivity index (χ0) is 64.0. The number of methoxy groups -OCH3 is 3. The quantitative estimate of drug-likeness (QED) is 0.0890. The summed E-state index contributed by atoms with van der Waals surface area (Å²) < 4.78 is 77.5. The van der Waals surface area contributed by atoms with Gasteiger partial charge >= 0.3 is 23.9 Å². The first-order valence-electron chi connectivity index (χ1n) is 30.7. The lowest BCUT2D eigenvalue weighted by atomic mass is 9.70. The summed E-state index contributed by atoms with van der Waals surface area (Å²) in [6.45, 7) is 21.5. The van der Waals surface area contributed by atoms with Gasteiger partial charge in [0.1, 0.15) is 22.7 Å². The van der Waals surface area contributed by atoms with Crippen LogP contribution in [0.1, 0.15) is 140 Å². The summed E-state index contributed by atoms with van der Waals surface area (Å²) in [6, 6.07) is 5.44. The van der Waals surface area contributed by atoms with Gasteiger partial charge in [-0.1, -0.05) is 50.9 Å². The molecule has 4 aliphatic heterocycles. The number of hydrogen-bond donors (Lipinski definition) is 0. The average molecular weight is 1280 g/mol. The molecule has 5 aliphatic rings. The van der Waals surface area contributed by atoms with Crippen LogP contribution in [0.25, 0.3) is 0 Å². The number of ether oxygens (including phenoxy) is 12. The van der Waals surface area contributed by atoms with Crippen LogP contribution in [0.4, 0.5) is 5.69 Å². The topological polar surface area (TPSA) is 215 Å². The molecule has 1 saturated carbocycles. The predicted octanol–water partition coefficient (Wildman–Crippen LogP) is 10.2. The van der Waals surface area contributed by atoms with E-state index in [0.29, 0.717) is 45.8 Å². The number of likely N-dealkylation sites (N-methyl/N-ethyl adjacent to an activating group) is 1. The molecule has 19 atom stereocenters. The summed E-state index contributed by atoms with van der Waals surface area (Å²) in [4.78, 5) is 79.5. The Morgan fingerprint density at radius 2 is 1.45 bits per heavy atom. The van der Waals surface area contributed by atoms with Gasteiger partial charge in [-0.05, 0) is 113 Å². The fourth-order valence-corrected chi connectivity index (χ4v) is 16.1. The molecule has 87 heavy (non-hydrogen) atoms. The van der Waals surface area contributed by atoms with Crippen molar-refractivity contribution >= 4 is 70.3 Å². The van der Waals surface area contributed by atoms with Crippen LogP contribution in [0.3, 0.4) is 0 Å². The lowest BCUT2D eigenvalue weighted by Crippen LogP contribution is -2.62. The van der Waals surface area contributed by atoms with Crippen LogP contribution in [0.5, 0.6) is 11.5 Å². The van der Waals surface area contributed by atoms with E-state index in [1.54, 1.807) is 47.2 Å². The number of aromatic nitrogens is 1. The number of nitrogens with zero attached hydrogens (tertiary/aromatic N) is 3.